The van der Waals surface area contributed by atoms with E-state index in [2.05, 4.69) is 34.1 Å². The van der Waals surface area contributed by atoms with E-state index in [1.807, 2.05) is 6.07 Å². The van der Waals surface area contributed by atoms with Crippen molar-refractivity contribution in [1.29, 1.82) is 0 Å². The Balaban J connectivity index is 0.00000216. The average molecular weight is 518 g/mol. The van der Waals surface area contributed by atoms with Gasteiger partial charge >= 0.3 is 0 Å². The maximum absolute atomic E-state index is 12.6. The molecule has 0 saturated carbocycles. The van der Waals surface area contributed by atoms with Crippen LogP contribution in [-0.2, 0) is 6.54 Å². The number of nitro benzene ring substituents is 1. The molecule has 3 aromatic rings. The number of ketones is 1. The summed E-state index contributed by atoms with van der Waals surface area (Å²) in [5.74, 6) is 1.20. The van der Waals surface area contributed by atoms with Gasteiger partial charge in [-0.3, -0.25) is 19.8 Å². The van der Waals surface area contributed by atoms with Crippen LogP contribution >= 0.6 is 24.8 Å². The molecule has 7 nitrogen and oxygen atoms in total. The lowest BCUT2D eigenvalue weighted by Crippen LogP contribution is -2.46. The molecule has 0 unspecified atom stereocenters. The fourth-order valence-electron chi connectivity index (χ4n) is 3.90. The normalized spacial score (nSPS) is 13.8. The summed E-state index contributed by atoms with van der Waals surface area (Å²) in [7, 11) is 0. The van der Waals surface area contributed by atoms with Crippen molar-refractivity contribution in [2.75, 3.05) is 32.7 Å². The summed E-state index contributed by atoms with van der Waals surface area (Å²) in [6.07, 6.45) is 0.487. The van der Waals surface area contributed by atoms with Crippen LogP contribution in [0, 0.1) is 10.1 Å². The molecule has 3 aromatic carbocycles. The van der Waals surface area contributed by atoms with Gasteiger partial charge in [-0.2, -0.15) is 0 Å². The second kappa shape index (κ2) is 13.8. The van der Waals surface area contributed by atoms with Crippen molar-refractivity contribution in [3.05, 3.63) is 100 Å². The zero-order valence-corrected chi connectivity index (χ0v) is 20.9. The second-order valence-electron chi connectivity index (χ2n) is 8.15. The number of non-ortho nitro benzene ring substituents is 1. The minimum atomic E-state index is -0.450. The van der Waals surface area contributed by atoms with E-state index in [0.717, 1.165) is 39.3 Å². The number of nitro groups is 1. The summed E-state index contributed by atoms with van der Waals surface area (Å²) in [6, 6.07) is 23.4. The highest BCUT2D eigenvalue weighted by molar-refractivity contribution is 5.96. The number of ether oxygens (including phenoxy) is 1. The first-order chi connectivity index (χ1) is 16.1. The Labute approximate surface area is 217 Å². The Bertz CT molecular complexity index is 1070. The molecule has 0 aromatic heterocycles. The van der Waals surface area contributed by atoms with Crippen molar-refractivity contribution in [1.82, 2.24) is 9.80 Å². The van der Waals surface area contributed by atoms with E-state index in [1.165, 1.54) is 17.7 Å². The fourth-order valence-corrected chi connectivity index (χ4v) is 3.90. The first-order valence-corrected chi connectivity index (χ1v) is 11.1. The largest absolute Gasteiger partial charge is 0.457 e. The summed E-state index contributed by atoms with van der Waals surface area (Å²) >= 11 is 0. The van der Waals surface area contributed by atoms with Gasteiger partial charge in [0.15, 0.2) is 5.78 Å². The molecule has 0 spiro atoms. The van der Waals surface area contributed by atoms with Gasteiger partial charge in [-0.1, -0.05) is 30.3 Å². The lowest BCUT2D eigenvalue weighted by Gasteiger charge is -2.34. The Kier molecular flexibility index (Phi) is 11.1. The number of halogens is 2. The zero-order valence-electron chi connectivity index (χ0n) is 19.2. The van der Waals surface area contributed by atoms with Crippen molar-refractivity contribution in [2.45, 2.75) is 13.0 Å². The summed E-state index contributed by atoms with van der Waals surface area (Å²) in [5.41, 5.74) is 2.01. The molecule has 0 amide bonds. The van der Waals surface area contributed by atoms with Crippen LogP contribution in [0.4, 0.5) is 5.69 Å². The third-order valence-corrected chi connectivity index (χ3v) is 5.83. The number of nitrogens with zero attached hydrogens (tertiary/aromatic N) is 3. The lowest BCUT2D eigenvalue weighted by molar-refractivity contribution is -0.384. The lowest BCUT2D eigenvalue weighted by atomic mass is 10.1. The van der Waals surface area contributed by atoms with E-state index >= 15 is 0 Å². The summed E-state index contributed by atoms with van der Waals surface area (Å²) in [5, 5.41) is 10.7. The number of Topliss-reactive ketones (excluding diaryl/α,β-unsaturated/α-hetero) is 1. The Morgan fingerprint density at radius 3 is 1.91 bits per heavy atom. The van der Waals surface area contributed by atoms with Gasteiger partial charge in [0, 0.05) is 63.4 Å². The predicted octanol–water partition coefficient (Wildman–Crippen LogP) is 5.62. The maximum Gasteiger partial charge on any atom is 0.269 e. The summed E-state index contributed by atoms with van der Waals surface area (Å²) in [4.78, 5) is 27.7. The fraction of sp³-hybridized carbons (Fsp3) is 0.269. The van der Waals surface area contributed by atoms with Crippen molar-refractivity contribution < 1.29 is 14.5 Å². The third kappa shape index (κ3) is 8.33. The summed E-state index contributed by atoms with van der Waals surface area (Å²) in [6.45, 7) is 5.71. The molecule has 0 N–H and O–H groups in total. The topological polar surface area (TPSA) is 75.9 Å². The average Bonchev–Trinajstić information content (AvgIpc) is 2.85. The first kappa shape index (κ1) is 28.3. The highest BCUT2D eigenvalue weighted by Gasteiger charge is 2.18. The van der Waals surface area contributed by atoms with Gasteiger partial charge in [-0.25, -0.2) is 0 Å². The molecule has 186 valence electrons. The van der Waals surface area contributed by atoms with Crippen LogP contribution in [0.2, 0.25) is 0 Å². The van der Waals surface area contributed by atoms with Crippen molar-refractivity contribution in [2.24, 2.45) is 0 Å². The number of piperazine rings is 1. The number of carbonyl (C=O) groups is 1. The van der Waals surface area contributed by atoms with Crippen LogP contribution in [0.5, 0.6) is 11.5 Å². The van der Waals surface area contributed by atoms with Gasteiger partial charge < -0.3 is 9.64 Å². The number of benzene rings is 3. The van der Waals surface area contributed by atoms with E-state index in [4.69, 9.17) is 4.74 Å². The smallest absolute Gasteiger partial charge is 0.269 e. The molecule has 9 heteroatoms. The predicted molar refractivity (Wildman–Crippen MR) is 141 cm³/mol. The quantitative estimate of drug-likeness (QED) is 0.208. The van der Waals surface area contributed by atoms with Crippen LogP contribution in [-0.4, -0.2) is 53.2 Å². The van der Waals surface area contributed by atoms with Gasteiger partial charge in [0.2, 0.25) is 0 Å². The van der Waals surface area contributed by atoms with Crippen LogP contribution in [0.15, 0.2) is 78.9 Å². The highest BCUT2D eigenvalue weighted by Crippen LogP contribution is 2.24. The van der Waals surface area contributed by atoms with Crippen molar-refractivity contribution >= 4 is 36.3 Å². The molecule has 35 heavy (non-hydrogen) atoms. The molecule has 0 radical (unpaired) electrons. The van der Waals surface area contributed by atoms with Gasteiger partial charge in [0.1, 0.15) is 11.5 Å². The molecule has 4 rings (SSSR count). The van der Waals surface area contributed by atoms with Crippen LogP contribution in [0.3, 0.4) is 0 Å². The number of rotatable bonds is 9. The van der Waals surface area contributed by atoms with E-state index in [9.17, 15) is 14.9 Å². The van der Waals surface area contributed by atoms with E-state index in [-0.39, 0.29) is 36.3 Å². The minimum absolute atomic E-state index is 0. The molecule has 0 aliphatic carbocycles. The minimum Gasteiger partial charge on any atom is -0.457 e. The second-order valence-corrected chi connectivity index (χ2v) is 8.15. The van der Waals surface area contributed by atoms with Gasteiger partial charge in [0.25, 0.3) is 5.69 Å². The summed E-state index contributed by atoms with van der Waals surface area (Å²) < 4.78 is 5.71. The Morgan fingerprint density at radius 1 is 0.800 bits per heavy atom. The molecule has 1 aliphatic heterocycles. The molecule has 0 bridgehead atoms. The molecule has 1 aliphatic rings. The number of hydrogen-bond acceptors (Lipinski definition) is 6. The first-order valence-electron chi connectivity index (χ1n) is 11.1. The van der Waals surface area contributed by atoms with Gasteiger partial charge in [0.05, 0.1) is 4.92 Å². The maximum atomic E-state index is 12.6. The molecular formula is C26H29Cl2N3O4. The van der Waals surface area contributed by atoms with Crippen LogP contribution in [0.1, 0.15) is 22.3 Å². The van der Waals surface area contributed by atoms with E-state index in [0.29, 0.717) is 23.5 Å². The Hall–Kier alpha value is -2.97. The molecule has 1 heterocycles. The van der Waals surface area contributed by atoms with Crippen LogP contribution in [0.25, 0.3) is 0 Å². The molecule has 1 saturated heterocycles. The highest BCUT2D eigenvalue weighted by atomic mass is 35.5. The van der Waals surface area contributed by atoms with E-state index < -0.39 is 4.92 Å². The van der Waals surface area contributed by atoms with Gasteiger partial charge in [-0.15, -0.1) is 24.8 Å². The number of carbonyl (C=O) groups excluding carboxylic acids is 1. The van der Waals surface area contributed by atoms with Gasteiger partial charge in [-0.05, 0) is 42.0 Å². The van der Waals surface area contributed by atoms with Crippen molar-refractivity contribution in [3.63, 3.8) is 0 Å². The third-order valence-electron chi connectivity index (χ3n) is 5.83. The zero-order chi connectivity index (χ0) is 23.0. The van der Waals surface area contributed by atoms with E-state index in [1.54, 1.807) is 36.4 Å². The molecule has 1 fully saturated rings. The number of hydrogen-bond donors (Lipinski definition) is 0. The van der Waals surface area contributed by atoms with Crippen molar-refractivity contribution in [3.8, 4) is 11.5 Å². The monoisotopic (exact) mass is 517 g/mol. The van der Waals surface area contributed by atoms with Crippen LogP contribution < -0.4 is 4.74 Å². The standard InChI is InChI=1S/C26H27N3O4.2ClH/c30-26(14-15-27-16-18-28(19-17-27)20-21-4-2-1-3-5-21)22-6-10-24(11-7-22)33-25-12-8-23(9-13-25)29(31)32;;/h1-13H,14-20H2;2*1H. The molecule has 0 atom stereocenters. The Morgan fingerprint density at radius 2 is 1.34 bits per heavy atom. The molecular weight excluding hydrogens is 489 g/mol. The SMILES string of the molecule is Cl.Cl.O=C(CCN1CCN(Cc2ccccc2)CC1)c1ccc(Oc2ccc([N+](=O)[O-])cc2)cc1.